The largest absolute Gasteiger partial charge is 0.497 e. The summed E-state index contributed by atoms with van der Waals surface area (Å²) in [6.07, 6.45) is 18.2. The fourth-order valence-corrected chi connectivity index (χ4v) is 13.6. The summed E-state index contributed by atoms with van der Waals surface area (Å²) >= 11 is 0. The minimum Gasteiger partial charge on any atom is -0.497 e. The average Bonchev–Trinajstić information content (AvgIpc) is 3.70. The summed E-state index contributed by atoms with van der Waals surface area (Å²) in [5.74, 6) is 6.02. The van der Waals surface area contributed by atoms with Gasteiger partial charge in [0.25, 0.3) is 0 Å². The van der Waals surface area contributed by atoms with Gasteiger partial charge in [0.15, 0.2) is 0 Å². The van der Waals surface area contributed by atoms with E-state index in [0.29, 0.717) is 29.9 Å². The molecule has 0 spiro atoms. The van der Waals surface area contributed by atoms with Crippen LogP contribution in [0.2, 0.25) is 0 Å². The molecule has 3 fully saturated rings. The van der Waals surface area contributed by atoms with Crippen LogP contribution in [0.1, 0.15) is 148 Å². The van der Waals surface area contributed by atoms with Crippen LogP contribution < -0.4 is 20.1 Å². The van der Waals surface area contributed by atoms with Gasteiger partial charge in [-0.2, -0.15) is 0 Å². The summed E-state index contributed by atoms with van der Waals surface area (Å²) in [6.45, 7) is 12.8. The molecular weight excluding hydrogens is 837 g/mol. The second-order valence-corrected chi connectivity index (χ2v) is 21.6. The van der Waals surface area contributed by atoms with E-state index in [0.717, 1.165) is 84.3 Å². The number of hydrogen-bond donors (Lipinski definition) is 3. The van der Waals surface area contributed by atoms with E-state index in [1.807, 2.05) is 78.9 Å². The lowest BCUT2D eigenvalue weighted by Crippen LogP contribution is -2.55. The maximum absolute atomic E-state index is 13.7. The third-order valence-corrected chi connectivity index (χ3v) is 17.2. The first-order chi connectivity index (χ1) is 32.3. The predicted molar refractivity (Wildman–Crippen MR) is 267 cm³/mol. The Morgan fingerprint density at radius 2 is 1.48 bits per heavy atom. The van der Waals surface area contributed by atoms with E-state index < -0.39 is 11.6 Å². The summed E-state index contributed by atoms with van der Waals surface area (Å²) in [4.78, 5) is 26.8. The molecule has 4 aliphatic rings. The third-order valence-electron chi connectivity index (χ3n) is 17.2. The molecular formula is C58H82N2O7. The number of carbonyl (C=O) groups is 2. The van der Waals surface area contributed by atoms with Crippen molar-refractivity contribution in [3.8, 4) is 11.5 Å². The van der Waals surface area contributed by atoms with Crippen LogP contribution in [-0.4, -0.2) is 56.6 Å². The van der Waals surface area contributed by atoms with Crippen molar-refractivity contribution in [3.05, 3.63) is 107 Å². The second kappa shape index (κ2) is 22.8. The van der Waals surface area contributed by atoms with E-state index in [9.17, 15) is 14.7 Å². The number of carbonyl (C=O) groups excluding carboxylic acids is 2. The quantitative estimate of drug-likeness (QED) is 0.0679. The minimum absolute atomic E-state index is 0.0879. The van der Waals surface area contributed by atoms with Crippen LogP contribution in [0.3, 0.4) is 0 Å². The van der Waals surface area contributed by atoms with Crippen LogP contribution in [0.25, 0.3) is 0 Å². The summed E-state index contributed by atoms with van der Waals surface area (Å²) in [5.41, 5.74) is 3.43. The van der Waals surface area contributed by atoms with Gasteiger partial charge >= 0.3 is 6.09 Å². The van der Waals surface area contributed by atoms with Crippen LogP contribution in [0.4, 0.5) is 4.79 Å². The molecule has 67 heavy (non-hydrogen) atoms. The number of ether oxygens (including phenoxy) is 4. The Labute approximate surface area is 402 Å². The Kier molecular flexibility index (Phi) is 17.2. The van der Waals surface area contributed by atoms with Gasteiger partial charge in [-0.3, -0.25) is 4.79 Å². The summed E-state index contributed by atoms with van der Waals surface area (Å²) < 4.78 is 23.9. The molecule has 9 heteroatoms. The molecule has 0 radical (unpaired) electrons. The standard InChI is InChI=1S/C58H82N2O7/c1-40(2)15-14-16-41(3)50-30-31-51-49-29-24-45-37-48(32-34-56(45,4)52(49)33-35-57(50,51)5)67-55(63)59-36-13-9-12-19-54(62)60-53(38-61)58(43-20-25-46(64-6)26-21-43,44-22-27-47(65-7)28-23-44)66-39-42-17-10-8-11-18-42/h8,10-11,17-18,20-28,40-41,48-53,61H,9,12-16,19,29-39H2,1-7H3,(H,59,63)(H,60,62). The number of alkyl carbamates (subject to hydrolysis) is 1. The highest BCUT2D eigenvalue weighted by atomic mass is 16.6. The van der Waals surface area contributed by atoms with Gasteiger partial charge in [0.05, 0.1) is 33.5 Å². The molecule has 3 N–H and O–H groups in total. The lowest BCUT2D eigenvalue weighted by atomic mass is 9.47. The SMILES string of the molecule is COc1ccc(C(OCc2ccccc2)(c2ccc(OC)cc2)C(CO)NC(=O)CCCCCNC(=O)OC2CCC3(C)C(=CCC4C3CCC3(C)C(C(C)CCCC(C)C)CCC43)C2)cc1. The molecule has 0 heterocycles. The van der Waals surface area contributed by atoms with E-state index in [4.69, 9.17) is 18.9 Å². The number of aliphatic hydroxyl groups is 1. The topological polar surface area (TPSA) is 115 Å². The second-order valence-electron chi connectivity index (χ2n) is 21.6. The first kappa shape index (κ1) is 50.5. The Hall–Kier alpha value is -4.34. The molecule has 7 rings (SSSR count). The maximum atomic E-state index is 13.7. The number of amides is 2. The molecule has 9 unspecified atom stereocenters. The van der Waals surface area contributed by atoms with Gasteiger partial charge in [0.1, 0.15) is 23.2 Å². The number of benzene rings is 3. The molecule has 0 bridgehead atoms. The molecule has 4 aliphatic carbocycles. The first-order valence-corrected chi connectivity index (χ1v) is 25.9. The van der Waals surface area contributed by atoms with Gasteiger partial charge in [0, 0.05) is 19.4 Å². The van der Waals surface area contributed by atoms with Crippen molar-refractivity contribution in [1.29, 1.82) is 0 Å². The predicted octanol–water partition coefficient (Wildman–Crippen LogP) is 12.3. The van der Waals surface area contributed by atoms with Crippen LogP contribution in [-0.2, 0) is 26.5 Å². The van der Waals surface area contributed by atoms with Crippen LogP contribution in [0, 0.1) is 46.3 Å². The number of aliphatic hydroxyl groups excluding tert-OH is 1. The number of allylic oxidation sites excluding steroid dienone is 1. The number of nitrogens with one attached hydrogen (secondary N) is 2. The normalized spacial score (nSPS) is 26.6. The van der Waals surface area contributed by atoms with E-state index in [-0.39, 0.29) is 43.2 Å². The van der Waals surface area contributed by atoms with Crippen molar-refractivity contribution in [2.24, 2.45) is 46.3 Å². The van der Waals surface area contributed by atoms with Crippen LogP contribution in [0.5, 0.6) is 11.5 Å². The number of rotatable bonds is 22. The highest BCUT2D eigenvalue weighted by Crippen LogP contribution is 2.67. The number of hydrogen-bond acceptors (Lipinski definition) is 7. The zero-order valence-electron chi connectivity index (χ0n) is 41.8. The Balaban J connectivity index is 0.888. The fraction of sp³-hybridized carbons (Fsp3) is 0.621. The molecule has 0 aliphatic heterocycles. The van der Waals surface area contributed by atoms with E-state index in [1.165, 1.54) is 56.9 Å². The molecule has 0 aromatic heterocycles. The average molecular weight is 919 g/mol. The van der Waals surface area contributed by atoms with Crippen molar-refractivity contribution in [3.63, 3.8) is 0 Å². The zero-order chi connectivity index (χ0) is 47.6. The molecule has 3 aromatic rings. The van der Waals surface area contributed by atoms with Crippen molar-refractivity contribution in [1.82, 2.24) is 10.6 Å². The Bertz CT molecular complexity index is 2020. The lowest BCUT2D eigenvalue weighted by Gasteiger charge is -2.58. The molecule has 3 saturated carbocycles. The maximum Gasteiger partial charge on any atom is 0.407 e. The number of fused-ring (bicyclic) bond motifs is 5. The highest BCUT2D eigenvalue weighted by Gasteiger charge is 2.59. The van der Waals surface area contributed by atoms with Gasteiger partial charge in [-0.05, 0) is 145 Å². The first-order valence-electron chi connectivity index (χ1n) is 25.9. The fourth-order valence-electron chi connectivity index (χ4n) is 13.6. The van der Waals surface area contributed by atoms with Crippen molar-refractivity contribution < 1.29 is 33.6 Å². The summed E-state index contributed by atoms with van der Waals surface area (Å²) in [5, 5.41) is 17.2. The minimum atomic E-state index is -1.27. The van der Waals surface area contributed by atoms with E-state index in [2.05, 4.69) is 51.3 Å². The van der Waals surface area contributed by atoms with Crippen molar-refractivity contribution >= 4 is 12.0 Å². The van der Waals surface area contributed by atoms with E-state index in [1.54, 1.807) is 14.2 Å². The monoisotopic (exact) mass is 919 g/mol. The van der Waals surface area contributed by atoms with Gasteiger partial charge in [-0.25, -0.2) is 4.79 Å². The number of unbranched alkanes of at least 4 members (excludes halogenated alkanes) is 2. The van der Waals surface area contributed by atoms with Crippen molar-refractivity contribution in [2.75, 3.05) is 27.4 Å². The third kappa shape index (κ3) is 11.4. The Morgan fingerprint density at radius 3 is 2.12 bits per heavy atom. The smallest absolute Gasteiger partial charge is 0.407 e. The van der Waals surface area contributed by atoms with Crippen molar-refractivity contribution in [2.45, 2.75) is 155 Å². The summed E-state index contributed by atoms with van der Waals surface area (Å²) in [6, 6.07) is 24.1. The summed E-state index contributed by atoms with van der Waals surface area (Å²) in [7, 11) is 3.24. The lowest BCUT2D eigenvalue weighted by molar-refractivity contribution is -0.127. The van der Waals surface area contributed by atoms with E-state index >= 15 is 0 Å². The van der Waals surface area contributed by atoms with Gasteiger partial charge < -0.3 is 34.7 Å². The molecule has 9 atom stereocenters. The van der Waals surface area contributed by atoms with Crippen LogP contribution >= 0.6 is 0 Å². The molecule has 2 amide bonds. The molecule has 9 nitrogen and oxygen atoms in total. The molecule has 3 aromatic carbocycles. The molecule has 0 saturated heterocycles. The number of methoxy groups -OCH3 is 2. The van der Waals surface area contributed by atoms with Gasteiger partial charge in [0.2, 0.25) is 5.91 Å². The molecule has 366 valence electrons. The Morgan fingerprint density at radius 1 is 0.791 bits per heavy atom. The highest BCUT2D eigenvalue weighted by molar-refractivity contribution is 5.76. The van der Waals surface area contributed by atoms with Gasteiger partial charge in [-0.15, -0.1) is 0 Å². The zero-order valence-corrected chi connectivity index (χ0v) is 41.8. The van der Waals surface area contributed by atoms with Gasteiger partial charge in [-0.1, -0.05) is 127 Å². The van der Waals surface area contributed by atoms with Crippen LogP contribution in [0.15, 0.2) is 90.5 Å².